The van der Waals surface area contributed by atoms with Gasteiger partial charge in [-0.05, 0) is 37.0 Å². The maximum atomic E-state index is 13.1. The molecule has 2 aromatic rings. The zero-order chi connectivity index (χ0) is 22.5. The fourth-order valence-corrected chi connectivity index (χ4v) is 4.25. The number of rotatable bonds is 8. The Labute approximate surface area is 188 Å². The number of amides is 1. The van der Waals surface area contributed by atoms with Gasteiger partial charge < -0.3 is 19.5 Å². The molecular formula is C26H29NO5. The lowest BCUT2D eigenvalue weighted by molar-refractivity contribution is -0.140. The largest absolute Gasteiger partial charge is 0.507 e. The molecule has 2 unspecified atom stereocenters. The van der Waals surface area contributed by atoms with Crippen LogP contribution in [0.2, 0.25) is 0 Å². The van der Waals surface area contributed by atoms with Crippen LogP contribution in [0.3, 0.4) is 0 Å². The van der Waals surface area contributed by atoms with E-state index in [0.717, 1.165) is 37.0 Å². The molecule has 0 bridgehead atoms. The Kier molecular flexibility index (Phi) is 6.90. The SMILES string of the molecule is CCCCOc1ccc(C2/C(=C(\O)c3ccccc3)C(=O)C(=O)N2CC2CCCO2)cc1. The standard InChI is InChI=1S/C26H29NO5/c1-2-3-15-31-20-13-11-18(12-14-20)23-22(24(28)19-8-5-4-6-9-19)25(29)26(30)27(23)17-21-10-7-16-32-21/h4-6,8-9,11-14,21,23,28H,2-3,7,10,15-17H2,1H3/b24-22+. The fraction of sp³-hybridized carbons (Fsp3) is 0.385. The molecule has 0 saturated carbocycles. The molecule has 32 heavy (non-hydrogen) atoms. The van der Waals surface area contributed by atoms with Crippen molar-refractivity contribution in [2.75, 3.05) is 19.8 Å². The summed E-state index contributed by atoms with van der Waals surface area (Å²) in [6.45, 7) is 3.72. The van der Waals surface area contributed by atoms with Crippen molar-refractivity contribution in [1.29, 1.82) is 0 Å². The maximum Gasteiger partial charge on any atom is 0.295 e. The molecule has 168 valence electrons. The van der Waals surface area contributed by atoms with Crippen LogP contribution in [0.25, 0.3) is 5.76 Å². The zero-order valence-electron chi connectivity index (χ0n) is 18.3. The van der Waals surface area contributed by atoms with Gasteiger partial charge in [-0.2, -0.15) is 0 Å². The molecule has 1 amide bonds. The van der Waals surface area contributed by atoms with Gasteiger partial charge in [0.05, 0.1) is 24.3 Å². The minimum Gasteiger partial charge on any atom is -0.507 e. The van der Waals surface area contributed by atoms with E-state index in [4.69, 9.17) is 9.47 Å². The summed E-state index contributed by atoms with van der Waals surface area (Å²) in [6, 6.07) is 15.6. The topological polar surface area (TPSA) is 76.1 Å². The number of hydrogen-bond donors (Lipinski definition) is 1. The van der Waals surface area contributed by atoms with Crippen molar-refractivity contribution in [2.45, 2.75) is 44.8 Å². The number of aliphatic hydroxyl groups is 1. The average molecular weight is 436 g/mol. The van der Waals surface area contributed by atoms with Crippen LogP contribution in [0.15, 0.2) is 60.2 Å². The number of ketones is 1. The molecule has 2 aromatic carbocycles. The highest BCUT2D eigenvalue weighted by molar-refractivity contribution is 6.46. The van der Waals surface area contributed by atoms with E-state index in [9.17, 15) is 14.7 Å². The van der Waals surface area contributed by atoms with E-state index < -0.39 is 17.7 Å². The van der Waals surface area contributed by atoms with Crippen molar-refractivity contribution in [3.05, 3.63) is 71.3 Å². The lowest BCUT2D eigenvalue weighted by atomic mass is 9.95. The summed E-state index contributed by atoms with van der Waals surface area (Å²) in [4.78, 5) is 27.6. The second kappa shape index (κ2) is 10.0. The number of hydrogen-bond acceptors (Lipinski definition) is 5. The number of Topliss-reactive ketones (excluding diaryl/α,β-unsaturated/α-hetero) is 1. The first-order valence-corrected chi connectivity index (χ1v) is 11.3. The first-order chi connectivity index (χ1) is 15.6. The van der Waals surface area contributed by atoms with Crippen LogP contribution < -0.4 is 4.74 Å². The third-order valence-electron chi connectivity index (χ3n) is 5.97. The molecule has 4 rings (SSSR count). The van der Waals surface area contributed by atoms with Crippen molar-refractivity contribution < 1.29 is 24.2 Å². The van der Waals surface area contributed by atoms with E-state index in [1.807, 2.05) is 30.3 Å². The Bertz CT molecular complexity index is 977. The normalized spacial score (nSPS) is 22.5. The van der Waals surface area contributed by atoms with Crippen molar-refractivity contribution in [2.24, 2.45) is 0 Å². The third-order valence-corrected chi connectivity index (χ3v) is 5.97. The predicted octanol–water partition coefficient (Wildman–Crippen LogP) is 4.47. The molecule has 6 nitrogen and oxygen atoms in total. The monoisotopic (exact) mass is 435 g/mol. The van der Waals surface area contributed by atoms with Gasteiger partial charge in [0.25, 0.3) is 11.7 Å². The fourth-order valence-electron chi connectivity index (χ4n) is 4.25. The summed E-state index contributed by atoms with van der Waals surface area (Å²) in [6.07, 6.45) is 3.70. The number of nitrogens with zero attached hydrogens (tertiary/aromatic N) is 1. The van der Waals surface area contributed by atoms with E-state index in [1.165, 1.54) is 0 Å². The number of carbonyl (C=O) groups excluding carboxylic acids is 2. The quantitative estimate of drug-likeness (QED) is 0.287. The Morgan fingerprint density at radius 1 is 1.12 bits per heavy atom. The number of likely N-dealkylation sites (tertiary alicyclic amines) is 1. The molecule has 2 atom stereocenters. The number of ether oxygens (including phenoxy) is 2. The van der Waals surface area contributed by atoms with Crippen molar-refractivity contribution >= 4 is 17.4 Å². The molecular weight excluding hydrogens is 406 g/mol. The van der Waals surface area contributed by atoms with Gasteiger partial charge in [-0.25, -0.2) is 0 Å². The molecule has 2 fully saturated rings. The highest BCUT2D eigenvalue weighted by Crippen LogP contribution is 2.40. The summed E-state index contributed by atoms with van der Waals surface area (Å²) in [7, 11) is 0. The molecule has 2 saturated heterocycles. The highest BCUT2D eigenvalue weighted by Gasteiger charge is 2.47. The summed E-state index contributed by atoms with van der Waals surface area (Å²) >= 11 is 0. The number of unbranched alkanes of at least 4 members (excludes halogenated alkanes) is 1. The Morgan fingerprint density at radius 2 is 1.88 bits per heavy atom. The number of aliphatic hydroxyl groups excluding tert-OH is 1. The second-order valence-electron chi connectivity index (χ2n) is 8.22. The summed E-state index contributed by atoms with van der Waals surface area (Å²) in [5.41, 5.74) is 1.37. The maximum absolute atomic E-state index is 13.1. The van der Waals surface area contributed by atoms with E-state index in [0.29, 0.717) is 25.3 Å². The first kappa shape index (κ1) is 22.1. The molecule has 0 aromatic heterocycles. The van der Waals surface area contributed by atoms with E-state index in [-0.39, 0.29) is 17.4 Å². The minimum absolute atomic E-state index is 0.107. The minimum atomic E-state index is -0.677. The van der Waals surface area contributed by atoms with Crippen LogP contribution >= 0.6 is 0 Å². The van der Waals surface area contributed by atoms with Gasteiger partial charge in [-0.1, -0.05) is 55.8 Å². The summed E-state index contributed by atoms with van der Waals surface area (Å²) in [5.74, 6) is -0.697. The highest BCUT2D eigenvalue weighted by atomic mass is 16.5. The van der Waals surface area contributed by atoms with Crippen molar-refractivity contribution in [1.82, 2.24) is 4.90 Å². The van der Waals surface area contributed by atoms with Gasteiger partial charge >= 0.3 is 0 Å². The van der Waals surface area contributed by atoms with E-state index in [1.54, 1.807) is 29.2 Å². The van der Waals surface area contributed by atoms with Gasteiger partial charge in [-0.3, -0.25) is 9.59 Å². The van der Waals surface area contributed by atoms with Crippen LogP contribution in [0.1, 0.15) is 49.8 Å². The number of benzene rings is 2. The van der Waals surface area contributed by atoms with Gasteiger partial charge in [0.15, 0.2) is 0 Å². The second-order valence-corrected chi connectivity index (χ2v) is 8.22. The Balaban J connectivity index is 1.71. The van der Waals surface area contributed by atoms with Gasteiger partial charge in [0.1, 0.15) is 11.5 Å². The number of carbonyl (C=O) groups is 2. The van der Waals surface area contributed by atoms with Crippen LogP contribution in [0, 0.1) is 0 Å². The molecule has 2 heterocycles. The van der Waals surface area contributed by atoms with E-state index >= 15 is 0 Å². The third kappa shape index (κ3) is 4.55. The Hall–Kier alpha value is -3.12. The van der Waals surface area contributed by atoms with Crippen LogP contribution in [0.4, 0.5) is 0 Å². The van der Waals surface area contributed by atoms with Gasteiger partial charge in [0, 0.05) is 18.7 Å². The van der Waals surface area contributed by atoms with Crippen molar-refractivity contribution in [3.63, 3.8) is 0 Å². The van der Waals surface area contributed by atoms with E-state index in [2.05, 4.69) is 6.92 Å². The lowest BCUT2D eigenvalue weighted by Gasteiger charge is -2.27. The van der Waals surface area contributed by atoms with Crippen molar-refractivity contribution in [3.8, 4) is 5.75 Å². The predicted molar refractivity (Wildman–Crippen MR) is 121 cm³/mol. The molecule has 6 heteroatoms. The zero-order valence-corrected chi connectivity index (χ0v) is 18.3. The van der Waals surface area contributed by atoms with Gasteiger partial charge in [-0.15, -0.1) is 0 Å². The smallest absolute Gasteiger partial charge is 0.295 e. The van der Waals surface area contributed by atoms with Crippen LogP contribution in [0.5, 0.6) is 5.75 Å². The molecule has 0 radical (unpaired) electrons. The molecule has 0 aliphatic carbocycles. The van der Waals surface area contributed by atoms with Crippen LogP contribution in [-0.4, -0.2) is 47.6 Å². The molecule has 0 spiro atoms. The van der Waals surface area contributed by atoms with Gasteiger partial charge in [0.2, 0.25) is 0 Å². The summed E-state index contributed by atoms with van der Waals surface area (Å²) < 4.78 is 11.5. The Morgan fingerprint density at radius 3 is 2.53 bits per heavy atom. The average Bonchev–Trinajstić information content (AvgIpc) is 3.42. The summed E-state index contributed by atoms with van der Waals surface area (Å²) in [5, 5.41) is 11.0. The molecule has 2 aliphatic rings. The first-order valence-electron chi connectivity index (χ1n) is 11.3. The molecule has 2 aliphatic heterocycles. The lowest BCUT2D eigenvalue weighted by Crippen LogP contribution is -2.36. The van der Waals surface area contributed by atoms with Crippen LogP contribution in [-0.2, 0) is 14.3 Å². The molecule has 1 N–H and O–H groups in total.